The monoisotopic (exact) mass is 491 g/mol. The number of phenols is 1. The first-order valence-corrected chi connectivity index (χ1v) is 12.6. The van der Waals surface area contributed by atoms with Gasteiger partial charge in [0.25, 0.3) is 0 Å². The summed E-state index contributed by atoms with van der Waals surface area (Å²) in [5.41, 5.74) is 6.00. The molecule has 0 bridgehead atoms. The minimum Gasteiger partial charge on any atom is -0.508 e. The van der Waals surface area contributed by atoms with Gasteiger partial charge in [-0.15, -0.1) is 0 Å². The average Bonchev–Trinajstić information content (AvgIpc) is 3.22. The fourth-order valence-corrected chi connectivity index (χ4v) is 5.27. The molecule has 188 valence electrons. The lowest BCUT2D eigenvalue weighted by Crippen LogP contribution is -2.26. The number of aryl methyl sites for hydroxylation is 2. The van der Waals surface area contributed by atoms with Crippen molar-refractivity contribution in [2.75, 3.05) is 26.3 Å². The Morgan fingerprint density at radius 2 is 1.89 bits per heavy atom. The number of nitrogens with zero attached hydrogens (tertiary/aromatic N) is 3. The zero-order chi connectivity index (χ0) is 25.1. The van der Waals surface area contributed by atoms with Gasteiger partial charge >= 0.3 is 6.01 Å². The molecular formula is C29H31F2N3O2. The quantitative estimate of drug-likeness (QED) is 0.457. The van der Waals surface area contributed by atoms with Crippen LogP contribution in [0.2, 0.25) is 0 Å². The third-order valence-electron chi connectivity index (χ3n) is 7.01. The van der Waals surface area contributed by atoms with E-state index in [2.05, 4.69) is 14.9 Å². The number of fused-ring (bicyclic) bond motifs is 1. The number of aromatic hydroxyl groups is 1. The molecule has 2 aliphatic rings. The number of allylic oxidation sites excluding steroid dienone is 1. The van der Waals surface area contributed by atoms with Crippen LogP contribution in [0.4, 0.5) is 8.78 Å². The molecule has 1 aliphatic carbocycles. The topological polar surface area (TPSA) is 58.5 Å². The summed E-state index contributed by atoms with van der Waals surface area (Å²) >= 11 is 0. The highest BCUT2D eigenvalue weighted by Gasteiger charge is 2.25. The van der Waals surface area contributed by atoms with E-state index in [1.807, 2.05) is 25.1 Å². The Labute approximate surface area is 210 Å². The van der Waals surface area contributed by atoms with Gasteiger partial charge in [-0.1, -0.05) is 18.2 Å². The second kappa shape index (κ2) is 10.7. The van der Waals surface area contributed by atoms with Crippen molar-refractivity contribution in [3.8, 4) is 11.8 Å². The van der Waals surface area contributed by atoms with Gasteiger partial charge in [0, 0.05) is 43.2 Å². The van der Waals surface area contributed by atoms with E-state index in [-0.39, 0.29) is 24.3 Å². The molecule has 0 radical (unpaired) electrons. The van der Waals surface area contributed by atoms with Crippen molar-refractivity contribution in [1.29, 1.82) is 0 Å². The molecular weight excluding hydrogens is 460 g/mol. The predicted octanol–water partition coefficient (Wildman–Crippen LogP) is 5.74. The first-order valence-electron chi connectivity index (χ1n) is 12.6. The normalized spacial score (nSPS) is 18.2. The number of phenolic OH excluding ortho intramolecular Hbond substituents is 1. The summed E-state index contributed by atoms with van der Waals surface area (Å²) in [5.74, 6) is -0.0284. The molecule has 36 heavy (non-hydrogen) atoms. The zero-order valence-electron chi connectivity index (χ0n) is 20.5. The molecule has 2 aromatic carbocycles. The van der Waals surface area contributed by atoms with E-state index >= 15 is 4.39 Å². The van der Waals surface area contributed by atoms with Crippen LogP contribution in [0.25, 0.3) is 11.1 Å². The van der Waals surface area contributed by atoms with Gasteiger partial charge in [0.05, 0.1) is 6.67 Å². The summed E-state index contributed by atoms with van der Waals surface area (Å²) in [4.78, 5) is 11.2. The van der Waals surface area contributed by atoms with E-state index < -0.39 is 0 Å². The van der Waals surface area contributed by atoms with Gasteiger partial charge in [-0.25, -0.2) is 14.4 Å². The van der Waals surface area contributed by atoms with E-state index in [1.54, 1.807) is 30.6 Å². The van der Waals surface area contributed by atoms with E-state index in [0.29, 0.717) is 24.4 Å². The van der Waals surface area contributed by atoms with Crippen LogP contribution in [0.3, 0.4) is 0 Å². The molecule has 5 rings (SSSR count). The van der Waals surface area contributed by atoms with Crippen LogP contribution >= 0.6 is 0 Å². The predicted molar refractivity (Wildman–Crippen MR) is 136 cm³/mol. The van der Waals surface area contributed by atoms with Crippen LogP contribution in [0.5, 0.6) is 11.8 Å². The Hall–Kier alpha value is -3.32. The van der Waals surface area contributed by atoms with Gasteiger partial charge in [-0.2, -0.15) is 0 Å². The van der Waals surface area contributed by atoms with Crippen molar-refractivity contribution < 1.29 is 18.6 Å². The molecule has 0 spiro atoms. The van der Waals surface area contributed by atoms with E-state index in [1.165, 1.54) is 0 Å². The van der Waals surface area contributed by atoms with Gasteiger partial charge in [0.1, 0.15) is 17.7 Å². The number of rotatable bonds is 7. The van der Waals surface area contributed by atoms with Gasteiger partial charge in [-0.3, -0.25) is 9.29 Å². The van der Waals surface area contributed by atoms with Crippen molar-refractivity contribution >= 4 is 11.1 Å². The molecule has 1 aromatic heterocycles. The van der Waals surface area contributed by atoms with E-state index in [9.17, 15) is 9.50 Å². The van der Waals surface area contributed by atoms with Crippen LogP contribution in [0.15, 0.2) is 48.8 Å². The number of likely N-dealkylation sites (tertiary alicyclic amines) is 1. The van der Waals surface area contributed by atoms with Crippen molar-refractivity contribution in [3.63, 3.8) is 0 Å². The third kappa shape index (κ3) is 5.26. The number of aromatic nitrogens is 2. The van der Waals surface area contributed by atoms with Crippen molar-refractivity contribution in [1.82, 2.24) is 14.9 Å². The number of benzene rings is 2. The highest BCUT2D eigenvalue weighted by atomic mass is 19.1. The molecule has 1 N–H and O–H groups in total. The fraction of sp³-hybridized carbons (Fsp3) is 0.379. The fourth-order valence-electron chi connectivity index (χ4n) is 5.27. The Morgan fingerprint density at radius 3 is 2.67 bits per heavy atom. The SMILES string of the molecule is Cc1ccc(C2=C(c3cnc(O[C@H]4CCN(CCCF)C4)nc3)c3ccc(O)cc3CCC2)c(F)c1. The van der Waals surface area contributed by atoms with Crippen LogP contribution in [0, 0.1) is 12.7 Å². The van der Waals surface area contributed by atoms with Gasteiger partial charge in [-0.05, 0) is 85.1 Å². The van der Waals surface area contributed by atoms with Crippen molar-refractivity contribution in [2.24, 2.45) is 0 Å². The maximum Gasteiger partial charge on any atom is 0.316 e. The Bertz CT molecular complexity index is 1260. The number of alkyl halides is 1. The number of hydrogen-bond donors (Lipinski definition) is 1. The molecule has 0 amide bonds. The zero-order valence-corrected chi connectivity index (χ0v) is 20.5. The number of hydrogen-bond acceptors (Lipinski definition) is 5. The molecule has 5 nitrogen and oxygen atoms in total. The molecule has 3 aromatic rings. The molecule has 1 aliphatic heterocycles. The average molecular weight is 492 g/mol. The number of halogens is 2. The van der Waals surface area contributed by atoms with Gasteiger partial charge < -0.3 is 9.84 Å². The summed E-state index contributed by atoms with van der Waals surface area (Å²) in [6, 6.07) is 11.0. The lowest BCUT2D eigenvalue weighted by Gasteiger charge is -2.18. The van der Waals surface area contributed by atoms with Crippen molar-refractivity contribution in [2.45, 2.75) is 45.1 Å². The summed E-state index contributed by atoms with van der Waals surface area (Å²) < 4.78 is 33.6. The molecule has 1 atom stereocenters. The minimum absolute atomic E-state index is 0.0199. The van der Waals surface area contributed by atoms with Crippen LogP contribution in [0.1, 0.15) is 53.5 Å². The van der Waals surface area contributed by atoms with Crippen LogP contribution in [-0.2, 0) is 6.42 Å². The van der Waals surface area contributed by atoms with Crippen LogP contribution in [-0.4, -0.2) is 52.4 Å². The first-order chi connectivity index (χ1) is 17.5. The van der Waals surface area contributed by atoms with Crippen LogP contribution < -0.4 is 4.74 Å². The molecule has 1 fully saturated rings. The highest BCUT2D eigenvalue weighted by molar-refractivity contribution is 5.99. The summed E-state index contributed by atoms with van der Waals surface area (Å²) in [7, 11) is 0. The smallest absolute Gasteiger partial charge is 0.316 e. The summed E-state index contributed by atoms with van der Waals surface area (Å²) in [5, 5.41) is 10.1. The lowest BCUT2D eigenvalue weighted by atomic mass is 9.88. The lowest BCUT2D eigenvalue weighted by molar-refractivity contribution is 0.183. The Balaban J connectivity index is 1.49. The molecule has 2 heterocycles. The summed E-state index contributed by atoms with van der Waals surface area (Å²) in [6.45, 7) is 3.93. The molecule has 0 unspecified atom stereocenters. The second-order valence-electron chi connectivity index (χ2n) is 9.66. The highest BCUT2D eigenvalue weighted by Crippen LogP contribution is 2.41. The van der Waals surface area contributed by atoms with Gasteiger partial charge in [0.15, 0.2) is 0 Å². The molecule has 0 saturated carbocycles. The summed E-state index contributed by atoms with van der Waals surface area (Å²) in [6.07, 6.45) is 7.17. The van der Waals surface area contributed by atoms with E-state index in [0.717, 1.165) is 72.3 Å². The third-order valence-corrected chi connectivity index (χ3v) is 7.01. The second-order valence-corrected chi connectivity index (χ2v) is 9.66. The first kappa shape index (κ1) is 24.4. The Kier molecular flexibility index (Phi) is 7.28. The maximum atomic E-state index is 15.1. The standard InChI is InChI=1S/C29H31F2N3O2/c1-19-6-8-25(27(31)14-19)26-5-2-4-20-15-22(35)7-9-24(20)28(26)21-16-32-29(33-17-21)36-23-10-13-34(18-23)12-3-11-30/h6-9,14-17,23,35H,2-5,10-13,18H2,1H3/t23-/m0/s1. The molecule has 7 heteroatoms. The number of ether oxygens (including phenoxy) is 1. The Morgan fingerprint density at radius 1 is 1.08 bits per heavy atom. The van der Waals surface area contributed by atoms with Crippen molar-refractivity contribution in [3.05, 3.63) is 82.4 Å². The van der Waals surface area contributed by atoms with E-state index in [4.69, 9.17) is 4.74 Å². The van der Waals surface area contributed by atoms with Gasteiger partial charge in [0.2, 0.25) is 0 Å². The largest absolute Gasteiger partial charge is 0.508 e. The molecule has 1 saturated heterocycles. The maximum absolute atomic E-state index is 15.1. The minimum atomic E-state index is -0.306.